The van der Waals surface area contributed by atoms with Crippen LogP contribution in [-0.4, -0.2) is 47.8 Å². The van der Waals surface area contributed by atoms with Crippen molar-refractivity contribution in [1.29, 1.82) is 0 Å². The van der Waals surface area contributed by atoms with E-state index in [-0.39, 0.29) is 17.0 Å². The van der Waals surface area contributed by atoms with Gasteiger partial charge in [-0.05, 0) is 25.0 Å². The standard InChI is InChI=1S/C17H20N2O5/c1-10(2)8-18-14(20)9-24-17(23)11(3)19-15(21)12-6-4-5-7-13(12)16(19)22/h4-7,10-11H,8-9H2,1-3H3,(H,18,20). The molecular weight excluding hydrogens is 312 g/mol. The molecule has 1 heterocycles. The Morgan fingerprint density at radius 3 is 2.12 bits per heavy atom. The Morgan fingerprint density at radius 1 is 1.08 bits per heavy atom. The lowest BCUT2D eigenvalue weighted by Gasteiger charge is -2.20. The van der Waals surface area contributed by atoms with E-state index < -0.39 is 36.3 Å². The maximum absolute atomic E-state index is 12.3. The SMILES string of the molecule is CC(C)CNC(=O)COC(=O)C(C)N1C(=O)c2ccccc2C1=O. The summed E-state index contributed by atoms with van der Waals surface area (Å²) < 4.78 is 4.91. The highest BCUT2D eigenvalue weighted by atomic mass is 16.5. The van der Waals surface area contributed by atoms with Crippen molar-refractivity contribution >= 4 is 23.7 Å². The molecule has 1 aliphatic heterocycles. The lowest BCUT2D eigenvalue weighted by molar-refractivity contribution is -0.151. The molecule has 1 aromatic rings. The van der Waals surface area contributed by atoms with E-state index in [1.165, 1.54) is 19.1 Å². The van der Waals surface area contributed by atoms with Gasteiger partial charge in [0.25, 0.3) is 17.7 Å². The molecule has 1 aliphatic rings. The third kappa shape index (κ3) is 3.61. The first kappa shape index (κ1) is 17.7. The maximum atomic E-state index is 12.3. The number of carbonyl (C=O) groups excluding carboxylic acids is 4. The molecule has 0 bridgehead atoms. The number of amides is 3. The van der Waals surface area contributed by atoms with Crippen LogP contribution in [0.25, 0.3) is 0 Å². The molecule has 1 aromatic carbocycles. The summed E-state index contributed by atoms with van der Waals surface area (Å²) in [6.07, 6.45) is 0. The third-order valence-corrected chi connectivity index (χ3v) is 3.61. The first-order valence-electron chi connectivity index (χ1n) is 7.73. The Hall–Kier alpha value is -2.70. The molecule has 0 saturated heterocycles. The molecule has 1 atom stereocenters. The number of rotatable bonds is 6. The highest BCUT2D eigenvalue weighted by Crippen LogP contribution is 2.24. The van der Waals surface area contributed by atoms with Gasteiger partial charge in [-0.3, -0.25) is 19.3 Å². The number of carbonyl (C=O) groups is 4. The first-order chi connectivity index (χ1) is 11.3. The largest absolute Gasteiger partial charge is 0.454 e. The molecule has 1 unspecified atom stereocenters. The number of hydrogen-bond acceptors (Lipinski definition) is 5. The van der Waals surface area contributed by atoms with Crippen LogP contribution in [0.15, 0.2) is 24.3 Å². The molecular formula is C17H20N2O5. The van der Waals surface area contributed by atoms with Crippen LogP contribution in [0.2, 0.25) is 0 Å². The Balaban J connectivity index is 1.96. The van der Waals surface area contributed by atoms with E-state index in [9.17, 15) is 19.2 Å². The highest BCUT2D eigenvalue weighted by molar-refractivity contribution is 6.22. The Labute approximate surface area is 140 Å². The molecule has 2 rings (SSSR count). The number of hydrogen-bond donors (Lipinski definition) is 1. The molecule has 7 nitrogen and oxygen atoms in total. The van der Waals surface area contributed by atoms with Crippen LogP contribution in [-0.2, 0) is 14.3 Å². The molecule has 0 saturated carbocycles. The maximum Gasteiger partial charge on any atom is 0.329 e. The van der Waals surface area contributed by atoms with Crippen molar-refractivity contribution in [3.63, 3.8) is 0 Å². The van der Waals surface area contributed by atoms with Crippen LogP contribution >= 0.6 is 0 Å². The smallest absolute Gasteiger partial charge is 0.329 e. The molecule has 7 heteroatoms. The second kappa shape index (κ2) is 7.25. The zero-order valence-corrected chi connectivity index (χ0v) is 13.9. The molecule has 0 fully saturated rings. The minimum atomic E-state index is -1.10. The van der Waals surface area contributed by atoms with Gasteiger partial charge in [-0.1, -0.05) is 26.0 Å². The van der Waals surface area contributed by atoms with Crippen molar-refractivity contribution in [3.05, 3.63) is 35.4 Å². The van der Waals surface area contributed by atoms with E-state index in [0.717, 1.165) is 4.90 Å². The minimum Gasteiger partial charge on any atom is -0.454 e. The van der Waals surface area contributed by atoms with Gasteiger partial charge >= 0.3 is 5.97 Å². The lowest BCUT2D eigenvalue weighted by atomic mass is 10.1. The Kier molecular flexibility index (Phi) is 5.33. The van der Waals surface area contributed by atoms with Crippen LogP contribution < -0.4 is 5.32 Å². The van der Waals surface area contributed by atoms with Gasteiger partial charge in [-0.15, -0.1) is 0 Å². The highest BCUT2D eigenvalue weighted by Gasteiger charge is 2.41. The van der Waals surface area contributed by atoms with Gasteiger partial charge in [0.2, 0.25) is 0 Å². The number of fused-ring (bicyclic) bond motifs is 1. The Morgan fingerprint density at radius 2 is 1.62 bits per heavy atom. The number of nitrogens with one attached hydrogen (secondary N) is 1. The van der Waals surface area contributed by atoms with Crippen molar-refractivity contribution in [3.8, 4) is 0 Å². The van der Waals surface area contributed by atoms with Gasteiger partial charge in [-0.2, -0.15) is 0 Å². The van der Waals surface area contributed by atoms with E-state index >= 15 is 0 Å². The molecule has 3 amide bonds. The number of nitrogens with zero attached hydrogens (tertiary/aromatic N) is 1. The van der Waals surface area contributed by atoms with Crippen LogP contribution in [0.4, 0.5) is 0 Å². The lowest BCUT2D eigenvalue weighted by Crippen LogP contribution is -2.44. The topological polar surface area (TPSA) is 92.8 Å². The molecule has 0 spiro atoms. The summed E-state index contributed by atoms with van der Waals surface area (Å²) >= 11 is 0. The average Bonchev–Trinajstić information content (AvgIpc) is 2.81. The van der Waals surface area contributed by atoms with Crippen LogP contribution in [0, 0.1) is 5.92 Å². The van der Waals surface area contributed by atoms with Crippen LogP contribution in [0.5, 0.6) is 0 Å². The quantitative estimate of drug-likeness (QED) is 0.619. The summed E-state index contributed by atoms with van der Waals surface area (Å²) in [5, 5.41) is 2.61. The summed E-state index contributed by atoms with van der Waals surface area (Å²) in [6.45, 7) is 5.31. The fourth-order valence-electron chi connectivity index (χ4n) is 2.29. The third-order valence-electron chi connectivity index (χ3n) is 3.61. The molecule has 0 aliphatic carbocycles. The molecule has 128 valence electrons. The number of imide groups is 1. The zero-order chi connectivity index (χ0) is 17.9. The van der Waals surface area contributed by atoms with Gasteiger partial charge in [0.1, 0.15) is 6.04 Å². The Bertz CT molecular complexity index is 648. The molecule has 1 N–H and O–H groups in total. The second-order valence-corrected chi connectivity index (χ2v) is 6.01. The van der Waals surface area contributed by atoms with E-state index in [1.54, 1.807) is 12.1 Å². The summed E-state index contributed by atoms with van der Waals surface area (Å²) in [5.74, 6) is -2.02. The average molecular weight is 332 g/mol. The van der Waals surface area contributed by atoms with Gasteiger partial charge in [0, 0.05) is 6.54 Å². The fraction of sp³-hybridized carbons (Fsp3) is 0.412. The summed E-state index contributed by atoms with van der Waals surface area (Å²) in [7, 11) is 0. The normalized spacial score (nSPS) is 14.6. The molecule has 0 radical (unpaired) electrons. The van der Waals surface area contributed by atoms with Crippen LogP contribution in [0.1, 0.15) is 41.5 Å². The predicted molar refractivity (Wildman–Crippen MR) is 85.2 cm³/mol. The summed E-state index contributed by atoms with van der Waals surface area (Å²) in [6, 6.07) is 5.26. The monoisotopic (exact) mass is 332 g/mol. The van der Waals surface area contributed by atoms with E-state index in [2.05, 4.69) is 5.32 Å². The first-order valence-corrected chi connectivity index (χ1v) is 7.73. The number of ether oxygens (including phenoxy) is 1. The number of benzene rings is 1. The van der Waals surface area contributed by atoms with Gasteiger partial charge in [-0.25, -0.2) is 4.79 Å². The van der Waals surface area contributed by atoms with Gasteiger partial charge in [0.15, 0.2) is 6.61 Å². The van der Waals surface area contributed by atoms with Gasteiger partial charge < -0.3 is 10.1 Å². The van der Waals surface area contributed by atoms with Crippen LogP contribution in [0.3, 0.4) is 0 Å². The van der Waals surface area contributed by atoms with Gasteiger partial charge in [0.05, 0.1) is 11.1 Å². The van der Waals surface area contributed by atoms with Crippen molar-refractivity contribution in [2.75, 3.05) is 13.2 Å². The zero-order valence-electron chi connectivity index (χ0n) is 13.9. The predicted octanol–water partition coefficient (Wildman–Crippen LogP) is 0.986. The number of esters is 1. The van der Waals surface area contributed by atoms with E-state index in [4.69, 9.17) is 4.74 Å². The van der Waals surface area contributed by atoms with E-state index in [0.29, 0.717) is 6.54 Å². The minimum absolute atomic E-state index is 0.261. The van der Waals surface area contributed by atoms with Crippen molar-refractivity contribution < 1.29 is 23.9 Å². The van der Waals surface area contributed by atoms with Crippen molar-refractivity contribution in [1.82, 2.24) is 10.2 Å². The molecule has 24 heavy (non-hydrogen) atoms. The molecule has 0 aromatic heterocycles. The summed E-state index contributed by atoms with van der Waals surface area (Å²) in [5.41, 5.74) is 0.522. The van der Waals surface area contributed by atoms with E-state index in [1.807, 2.05) is 13.8 Å². The van der Waals surface area contributed by atoms with Crippen molar-refractivity contribution in [2.45, 2.75) is 26.8 Å². The van der Waals surface area contributed by atoms with Crippen molar-refractivity contribution in [2.24, 2.45) is 5.92 Å². The summed E-state index contributed by atoms with van der Waals surface area (Å²) in [4.78, 5) is 49.1. The fourth-order valence-corrected chi connectivity index (χ4v) is 2.29. The second-order valence-electron chi connectivity index (χ2n) is 6.01.